The van der Waals surface area contributed by atoms with Gasteiger partial charge >= 0.3 is 5.97 Å². The molecule has 11 nitrogen and oxygen atoms in total. The first-order valence-corrected chi connectivity index (χ1v) is 13.6. The molecule has 4 amide bonds. The minimum atomic E-state index is -1.40. The van der Waals surface area contributed by atoms with Crippen LogP contribution in [0.2, 0.25) is 0 Å². The first-order valence-electron chi connectivity index (χ1n) is 13.6. The number of aryl methyl sites for hydroxylation is 1. The molecule has 0 bridgehead atoms. The number of fused-ring (bicyclic) bond motifs is 1. The van der Waals surface area contributed by atoms with Crippen LogP contribution in [0, 0.1) is 0 Å². The number of aromatic nitrogens is 1. The molecule has 0 radical (unpaired) electrons. The van der Waals surface area contributed by atoms with Crippen LogP contribution in [-0.2, 0) is 25.7 Å². The van der Waals surface area contributed by atoms with Crippen molar-refractivity contribution in [3.05, 3.63) is 36.0 Å². The molecule has 6 N–H and O–H groups in total. The lowest BCUT2D eigenvalue weighted by Gasteiger charge is -2.21. The molecule has 2 aromatic rings. The lowest BCUT2D eigenvalue weighted by Crippen LogP contribution is -2.54. The summed E-state index contributed by atoms with van der Waals surface area (Å²) in [6.07, 6.45) is 7.96. The van der Waals surface area contributed by atoms with Crippen molar-refractivity contribution >= 4 is 40.5 Å². The van der Waals surface area contributed by atoms with Crippen LogP contribution >= 0.6 is 0 Å². The first kappa shape index (κ1) is 31.3. The highest BCUT2D eigenvalue weighted by Crippen LogP contribution is 2.21. The van der Waals surface area contributed by atoms with E-state index < -0.39 is 54.5 Å². The standard InChI is InChI=1S/C28H41N5O6/c1-3-4-5-6-7-8-9-12-15-33-22-14-11-10-13-19(22)16-23(33)28(39)32-20(17-24(29)34)27(38)31-21(18-25(35)36)26(37)30-2/h10-11,13-14,16,20-21H,3-9,12,15,17-18H2,1-2H3,(H2,29,34)(H,30,37)(H,31,38)(H,32,39)(H,35,36). The normalized spacial score (nSPS) is 12.5. The maximum absolute atomic E-state index is 13.4. The number of carboxylic acid groups (broad SMARTS) is 1. The van der Waals surface area contributed by atoms with Crippen LogP contribution in [0.15, 0.2) is 30.3 Å². The Balaban J connectivity index is 2.17. The number of para-hydroxylation sites is 1. The van der Waals surface area contributed by atoms with Crippen molar-refractivity contribution in [2.24, 2.45) is 5.73 Å². The highest BCUT2D eigenvalue weighted by molar-refractivity contribution is 6.02. The van der Waals surface area contributed by atoms with Crippen molar-refractivity contribution in [1.29, 1.82) is 0 Å². The topological polar surface area (TPSA) is 173 Å². The summed E-state index contributed by atoms with van der Waals surface area (Å²) in [6.45, 7) is 2.80. The average molecular weight is 544 g/mol. The number of carbonyl (C=O) groups excluding carboxylic acids is 4. The van der Waals surface area contributed by atoms with Crippen molar-refractivity contribution in [2.45, 2.75) is 89.8 Å². The molecule has 2 unspecified atom stereocenters. The number of amides is 4. The van der Waals surface area contributed by atoms with E-state index in [9.17, 15) is 24.0 Å². The van der Waals surface area contributed by atoms with Gasteiger partial charge in [0.2, 0.25) is 17.7 Å². The second-order valence-corrected chi connectivity index (χ2v) is 9.68. The Morgan fingerprint density at radius 2 is 1.49 bits per heavy atom. The van der Waals surface area contributed by atoms with E-state index >= 15 is 0 Å². The largest absolute Gasteiger partial charge is 0.481 e. The van der Waals surface area contributed by atoms with Crippen LogP contribution in [0.3, 0.4) is 0 Å². The molecule has 1 aromatic heterocycles. The van der Waals surface area contributed by atoms with Crippen molar-refractivity contribution in [2.75, 3.05) is 7.05 Å². The maximum Gasteiger partial charge on any atom is 0.305 e. The van der Waals surface area contributed by atoms with Gasteiger partial charge in [0.1, 0.15) is 17.8 Å². The molecule has 0 aliphatic carbocycles. The predicted octanol–water partition coefficient (Wildman–Crippen LogP) is 2.46. The number of nitrogens with zero attached hydrogens (tertiary/aromatic N) is 1. The zero-order chi connectivity index (χ0) is 28.8. The quantitative estimate of drug-likeness (QED) is 0.181. The number of unbranched alkanes of at least 4 members (excludes halogenated alkanes) is 7. The van der Waals surface area contributed by atoms with Gasteiger partial charge in [-0.25, -0.2) is 0 Å². The highest BCUT2D eigenvalue weighted by atomic mass is 16.4. The van der Waals surface area contributed by atoms with Gasteiger partial charge in [0.15, 0.2) is 0 Å². The fraction of sp³-hybridized carbons (Fsp3) is 0.536. The third-order valence-electron chi connectivity index (χ3n) is 6.56. The van der Waals surface area contributed by atoms with Gasteiger partial charge in [0, 0.05) is 24.5 Å². The number of primary amides is 1. The van der Waals surface area contributed by atoms with E-state index in [1.807, 2.05) is 28.8 Å². The van der Waals surface area contributed by atoms with Crippen molar-refractivity contribution in [3.63, 3.8) is 0 Å². The average Bonchev–Trinajstić information content (AvgIpc) is 3.27. The number of nitrogens with two attached hydrogens (primary N) is 1. The Morgan fingerprint density at radius 3 is 2.10 bits per heavy atom. The van der Waals surface area contributed by atoms with Crippen LogP contribution in [0.1, 0.15) is 81.6 Å². The number of aliphatic carboxylic acids is 1. The molecule has 2 atom stereocenters. The third-order valence-corrected chi connectivity index (χ3v) is 6.56. The van der Waals surface area contributed by atoms with Crippen LogP contribution in [0.4, 0.5) is 0 Å². The number of hydrogen-bond donors (Lipinski definition) is 5. The lowest BCUT2D eigenvalue weighted by molar-refractivity contribution is -0.140. The number of rotatable bonds is 18. The predicted molar refractivity (Wildman–Crippen MR) is 148 cm³/mol. The SMILES string of the molecule is CCCCCCCCCCn1c(C(=O)NC(CC(N)=O)C(=O)NC(CC(=O)O)C(=O)NC)cc2ccccc21. The molecular weight excluding hydrogens is 502 g/mol. The highest BCUT2D eigenvalue weighted by Gasteiger charge is 2.30. The minimum absolute atomic E-state index is 0.329. The van der Waals surface area contributed by atoms with Crippen molar-refractivity contribution < 1.29 is 29.1 Å². The summed E-state index contributed by atoms with van der Waals surface area (Å²) in [5.74, 6) is -4.33. The number of benzene rings is 1. The van der Waals surface area contributed by atoms with E-state index in [2.05, 4.69) is 22.9 Å². The minimum Gasteiger partial charge on any atom is -0.481 e. The Bertz CT molecular complexity index is 1140. The van der Waals surface area contributed by atoms with Crippen LogP contribution in [0.25, 0.3) is 10.9 Å². The number of hydrogen-bond acceptors (Lipinski definition) is 5. The van der Waals surface area contributed by atoms with Gasteiger partial charge in [-0.1, -0.05) is 70.1 Å². The summed E-state index contributed by atoms with van der Waals surface area (Å²) in [5, 5.41) is 17.1. The fourth-order valence-electron chi connectivity index (χ4n) is 4.52. The third kappa shape index (κ3) is 10.1. The van der Waals surface area contributed by atoms with Gasteiger partial charge in [0.25, 0.3) is 5.91 Å². The Kier molecular flexibility index (Phi) is 13.0. The van der Waals surface area contributed by atoms with Crippen LogP contribution in [0.5, 0.6) is 0 Å². The van der Waals surface area contributed by atoms with Gasteiger partial charge in [-0.2, -0.15) is 0 Å². The summed E-state index contributed by atoms with van der Waals surface area (Å²) < 4.78 is 1.90. The van der Waals surface area contributed by atoms with E-state index in [0.717, 1.165) is 30.2 Å². The second kappa shape index (κ2) is 16.2. The van der Waals surface area contributed by atoms with Crippen LogP contribution in [-0.4, -0.2) is 58.4 Å². The van der Waals surface area contributed by atoms with Gasteiger partial charge in [-0.05, 0) is 18.6 Å². The summed E-state index contributed by atoms with van der Waals surface area (Å²) in [4.78, 5) is 61.2. The Morgan fingerprint density at radius 1 is 0.872 bits per heavy atom. The number of carbonyl (C=O) groups is 5. The van der Waals surface area contributed by atoms with E-state index in [4.69, 9.17) is 10.8 Å². The van der Waals surface area contributed by atoms with Gasteiger partial charge < -0.3 is 31.4 Å². The van der Waals surface area contributed by atoms with E-state index in [-0.39, 0.29) is 0 Å². The summed E-state index contributed by atoms with van der Waals surface area (Å²) in [5.41, 5.74) is 6.52. The van der Waals surface area contributed by atoms with Crippen LogP contribution < -0.4 is 21.7 Å². The molecule has 39 heavy (non-hydrogen) atoms. The zero-order valence-corrected chi connectivity index (χ0v) is 22.8. The van der Waals surface area contributed by atoms with Gasteiger partial charge in [-0.15, -0.1) is 0 Å². The Labute approximate surface area is 228 Å². The second-order valence-electron chi connectivity index (χ2n) is 9.68. The summed E-state index contributed by atoms with van der Waals surface area (Å²) in [7, 11) is 1.30. The summed E-state index contributed by atoms with van der Waals surface area (Å²) in [6, 6.07) is 6.51. The monoisotopic (exact) mass is 543 g/mol. The number of nitrogens with one attached hydrogen (secondary N) is 3. The first-order chi connectivity index (χ1) is 18.7. The Hall–Kier alpha value is -3.89. The molecule has 0 spiro atoms. The van der Waals surface area contributed by atoms with Gasteiger partial charge in [0.05, 0.1) is 12.8 Å². The molecule has 0 fully saturated rings. The smallest absolute Gasteiger partial charge is 0.305 e. The fourth-order valence-corrected chi connectivity index (χ4v) is 4.52. The van der Waals surface area contributed by atoms with E-state index in [1.165, 1.54) is 39.2 Å². The molecule has 0 aliphatic heterocycles. The molecule has 0 saturated heterocycles. The number of carboxylic acids is 1. The van der Waals surface area contributed by atoms with Gasteiger partial charge in [-0.3, -0.25) is 24.0 Å². The van der Waals surface area contributed by atoms with E-state index in [1.54, 1.807) is 6.07 Å². The molecule has 0 saturated carbocycles. The maximum atomic E-state index is 13.4. The molecule has 214 valence electrons. The van der Waals surface area contributed by atoms with Crippen molar-refractivity contribution in [3.8, 4) is 0 Å². The summed E-state index contributed by atoms with van der Waals surface area (Å²) >= 11 is 0. The molecule has 1 aromatic carbocycles. The molecule has 1 heterocycles. The molecule has 2 rings (SSSR count). The van der Waals surface area contributed by atoms with E-state index in [0.29, 0.717) is 12.2 Å². The molecule has 0 aliphatic rings. The zero-order valence-electron chi connectivity index (χ0n) is 22.8. The lowest BCUT2D eigenvalue weighted by atomic mass is 10.1. The molecule has 11 heteroatoms. The van der Waals surface area contributed by atoms with Crippen molar-refractivity contribution in [1.82, 2.24) is 20.5 Å². The number of likely N-dealkylation sites (N-methyl/N-ethyl adjacent to an activating group) is 1. The molecular formula is C28H41N5O6.